The van der Waals surface area contributed by atoms with Gasteiger partial charge in [0.05, 0.1) is 5.25 Å². The second kappa shape index (κ2) is 13.2. The molecule has 1 aliphatic rings. The first-order chi connectivity index (χ1) is 15.2. The van der Waals surface area contributed by atoms with E-state index in [4.69, 9.17) is 4.18 Å². The third-order valence-electron chi connectivity index (χ3n) is 5.93. The van der Waals surface area contributed by atoms with Crippen molar-refractivity contribution in [1.29, 1.82) is 0 Å². The van der Waals surface area contributed by atoms with Crippen molar-refractivity contribution in [3.8, 4) is 5.75 Å². The number of hydrogen-bond donors (Lipinski definition) is 2. The Morgan fingerprint density at radius 2 is 1.84 bits per heavy atom. The van der Waals surface area contributed by atoms with E-state index in [0.29, 0.717) is 24.3 Å². The Balaban J connectivity index is 1.73. The van der Waals surface area contributed by atoms with E-state index < -0.39 is 15.4 Å². The molecular formula is C24H41N3O4S. The largest absolute Gasteiger partial charge is 0.382 e. The summed E-state index contributed by atoms with van der Waals surface area (Å²) >= 11 is 0. The summed E-state index contributed by atoms with van der Waals surface area (Å²) < 4.78 is 28.9. The van der Waals surface area contributed by atoms with E-state index in [-0.39, 0.29) is 5.91 Å². The lowest BCUT2D eigenvalue weighted by Gasteiger charge is -2.24. The van der Waals surface area contributed by atoms with E-state index >= 15 is 0 Å². The predicted octanol–water partition coefficient (Wildman–Crippen LogP) is 3.10. The van der Waals surface area contributed by atoms with Crippen molar-refractivity contribution in [2.45, 2.75) is 83.6 Å². The molecule has 8 heteroatoms. The van der Waals surface area contributed by atoms with Gasteiger partial charge < -0.3 is 19.7 Å². The van der Waals surface area contributed by atoms with Crippen LogP contribution >= 0.6 is 0 Å². The number of carbonyl (C=O) groups is 1. The fourth-order valence-corrected chi connectivity index (χ4v) is 4.45. The number of nitrogens with one attached hydrogen (secondary N) is 2. The van der Waals surface area contributed by atoms with Gasteiger partial charge in [-0.3, -0.25) is 4.79 Å². The molecule has 7 nitrogen and oxygen atoms in total. The molecule has 1 aromatic rings. The molecule has 0 aromatic heterocycles. The van der Waals surface area contributed by atoms with Crippen LogP contribution in [-0.2, 0) is 21.3 Å². The van der Waals surface area contributed by atoms with Gasteiger partial charge in [-0.2, -0.15) is 8.42 Å². The summed E-state index contributed by atoms with van der Waals surface area (Å²) in [4.78, 5) is 14.1. The van der Waals surface area contributed by atoms with Gasteiger partial charge in [0.1, 0.15) is 5.75 Å². The Labute approximate surface area is 194 Å². The maximum Gasteiger partial charge on any atom is 0.311 e. The highest BCUT2D eigenvalue weighted by Crippen LogP contribution is 2.18. The zero-order valence-electron chi connectivity index (χ0n) is 20.1. The van der Waals surface area contributed by atoms with Crippen molar-refractivity contribution >= 4 is 16.0 Å². The second-order valence-corrected chi connectivity index (χ2v) is 11.1. The average Bonchev–Trinajstić information content (AvgIpc) is 2.95. The summed E-state index contributed by atoms with van der Waals surface area (Å²) in [5.41, 5.74) is 1.14. The van der Waals surface area contributed by atoms with Crippen molar-refractivity contribution in [3.63, 3.8) is 0 Å². The highest BCUT2D eigenvalue weighted by atomic mass is 32.2. The van der Waals surface area contributed by atoms with Crippen LogP contribution in [0, 0.1) is 0 Å². The molecule has 1 fully saturated rings. The van der Waals surface area contributed by atoms with Crippen LogP contribution in [0.5, 0.6) is 5.75 Å². The lowest BCUT2D eigenvalue weighted by Crippen LogP contribution is -2.37. The highest BCUT2D eigenvalue weighted by Gasteiger charge is 2.18. The Morgan fingerprint density at radius 3 is 2.50 bits per heavy atom. The van der Waals surface area contributed by atoms with E-state index in [0.717, 1.165) is 63.8 Å². The molecule has 1 heterocycles. The minimum atomic E-state index is -3.57. The van der Waals surface area contributed by atoms with Crippen molar-refractivity contribution in [2.75, 3.05) is 26.2 Å². The van der Waals surface area contributed by atoms with Crippen LogP contribution in [0.4, 0.5) is 0 Å². The highest BCUT2D eigenvalue weighted by molar-refractivity contribution is 7.87. The predicted molar refractivity (Wildman–Crippen MR) is 129 cm³/mol. The Kier molecular flexibility index (Phi) is 10.9. The van der Waals surface area contributed by atoms with E-state index in [1.54, 1.807) is 26.0 Å². The zero-order valence-corrected chi connectivity index (χ0v) is 20.9. The van der Waals surface area contributed by atoms with Gasteiger partial charge in [-0.25, -0.2) is 0 Å². The molecular weight excluding hydrogens is 426 g/mol. The normalized spacial score (nSPS) is 17.3. The zero-order chi connectivity index (χ0) is 23.6. The van der Waals surface area contributed by atoms with Gasteiger partial charge in [-0.1, -0.05) is 25.5 Å². The van der Waals surface area contributed by atoms with E-state index in [9.17, 15) is 13.2 Å². The van der Waals surface area contributed by atoms with Crippen molar-refractivity contribution < 1.29 is 17.4 Å². The molecule has 0 bridgehead atoms. The van der Waals surface area contributed by atoms with E-state index in [2.05, 4.69) is 24.5 Å². The topological polar surface area (TPSA) is 87.7 Å². The lowest BCUT2D eigenvalue weighted by molar-refractivity contribution is -0.130. The summed E-state index contributed by atoms with van der Waals surface area (Å²) in [7, 11) is -3.57. The third-order valence-corrected chi connectivity index (χ3v) is 7.50. The first-order valence-corrected chi connectivity index (χ1v) is 13.4. The molecule has 0 spiro atoms. The molecule has 2 N–H and O–H groups in total. The molecule has 1 saturated heterocycles. The maximum absolute atomic E-state index is 12.1. The number of amides is 1. The van der Waals surface area contributed by atoms with Crippen LogP contribution in [0.2, 0.25) is 0 Å². The van der Waals surface area contributed by atoms with E-state index in [1.165, 1.54) is 0 Å². The summed E-state index contributed by atoms with van der Waals surface area (Å²) in [5.74, 6) is 0.625. The first kappa shape index (κ1) is 26.6. The number of hydrogen-bond acceptors (Lipinski definition) is 6. The third kappa shape index (κ3) is 9.08. The van der Waals surface area contributed by atoms with E-state index in [1.807, 2.05) is 17.0 Å². The molecule has 0 radical (unpaired) electrons. The average molecular weight is 468 g/mol. The monoisotopic (exact) mass is 467 g/mol. The minimum absolute atomic E-state index is 0.270. The van der Waals surface area contributed by atoms with Crippen LogP contribution < -0.4 is 14.8 Å². The van der Waals surface area contributed by atoms with Gasteiger partial charge in [-0.15, -0.1) is 0 Å². The molecule has 0 aliphatic carbocycles. The molecule has 32 heavy (non-hydrogen) atoms. The van der Waals surface area contributed by atoms with Crippen molar-refractivity contribution in [2.24, 2.45) is 0 Å². The van der Waals surface area contributed by atoms with Crippen LogP contribution in [0.15, 0.2) is 24.3 Å². The Morgan fingerprint density at radius 1 is 1.12 bits per heavy atom. The maximum atomic E-state index is 12.1. The second-order valence-electron chi connectivity index (χ2n) is 9.02. The molecule has 1 aliphatic heterocycles. The van der Waals surface area contributed by atoms with Gasteiger partial charge in [0.2, 0.25) is 5.91 Å². The van der Waals surface area contributed by atoms with Crippen LogP contribution in [0.3, 0.4) is 0 Å². The van der Waals surface area contributed by atoms with Crippen LogP contribution in [0.1, 0.15) is 65.4 Å². The van der Waals surface area contributed by atoms with Gasteiger partial charge in [0, 0.05) is 44.7 Å². The van der Waals surface area contributed by atoms with Gasteiger partial charge in [-0.05, 0) is 64.2 Å². The number of benzene rings is 1. The van der Waals surface area contributed by atoms with Crippen LogP contribution in [0.25, 0.3) is 0 Å². The summed E-state index contributed by atoms with van der Waals surface area (Å²) in [6.45, 7) is 11.0. The summed E-state index contributed by atoms with van der Waals surface area (Å²) in [6.07, 6.45) is 5.78. The Hall–Kier alpha value is -1.64. The first-order valence-electron chi connectivity index (χ1n) is 12.0. The quantitative estimate of drug-likeness (QED) is 0.342. The minimum Gasteiger partial charge on any atom is -0.382 e. The molecule has 0 saturated carbocycles. The molecule has 2 unspecified atom stereocenters. The van der Waals surface area contributed by atoms with Crippen molar-refractivity contribution in [3.05, 3.63) is 29.8 Å². The summed E-state index contributed by atoms with van der Waals surface area (Å²) in [6, 6.07) is 8.06. The fourth-order valence-electron chi connectivity index (χ4n) is 3.88. The van der Waals surface area contributed by atoms with Gasteiger partial charge >= 0.3 is 10.1 Å². The number of unbranched alkanes of at least 4 members (excludes halogenated alkanes) is 1. The smallest absolute Gasteiger partial charge is 0.311 e. The SMILES string of the molecule is CCC(CCCCN1CCNCCC1=O)NC(C)Cc1ccc(OS(=O)(=O)C(C)C)cc1. The molecule has 182 valence electrons. The molecule has 2 rings (SSSR count). The number of rotatable bonds is 13. The molecule has 1 amide bonds. The summed E-state index contributed by atoms with van der Waals surface area (Å²) in [5, 5.41) is 6.43. The Bertz CT molecular complexity index is 796. The van der Waals surface area contributed by atoms with Gasteiger partial charge in [0.25, 0.3) is 0 Å². The number of nitrogens with zero attached hydrogens (tertiary/aromatic N) is 1. The van der Waals surface area contributed by atoms with Gasteiger partial charge in [0.15, 0.2) is 0 Å². The van der Waals surface area contributed by atoms with Crippen LogP contribution in [-0.4, -0.2) is 62.7 Å². The standard InChI is InChI=1S/C24H41N3O4S/c1-5-22(8-6-7-16-27-17-15-25-14-13-24(27)28)26-20(4)18-21-9-11-23(12-10-21)31-32(29,30)19(2)3/h9-12,19-20,22,25-26H,5-8,13-18H2,1-4H3. The number of carbonyl (C=O) groups excluding carboxylic acids is 1. The van der Waals surface area contributed by atoms with Crippen molar-refractivity contribution in [1.82, 2.24) is 15.5 Å². The molecule has 1 aromatic carbocycles. The fraction of sp³-hybridized carbons (Fsp3) is 0.708. The molecule has 2 atom stereocenters. The lowest BCUT2D eigenvalue weighted by atomic mass is 10.0.